The van der Waals surface area contributed by atoms with Gasteiger partial charge in [-0.3, -0.25) is 4.79 Å². The van der Waals surface area contributed by atoms with Crippen molar-refractivity contribution in [1.82, 2.24) is 0 Å². The molecule has 0 aromatic rings. The van der Waals surface area contributed by atoms with Crippen molar-refractivity contribution >= 4 is 15.6 Å². The van der Waals surface area contributed by atoms with E-state index in [0.29, 0.717) is 18.8 Å². The number of Topliss-reactive ketones (excluding diaryl/α,β-unsaturated/α-hetero) is 1. The topological polar surface area (TPSA) is 51.2 Å². The van der Waals surface area contributed by atoms with E-state index in [-0.39, 0.29) is 28.1 Å². The molecule has 0 spiro atoms. The fourth-order valence-electron chi connectivity index (χ4n) is 2.72. The summed E-state index contributed by atoms with van der Waals surface area (Å²) in [6.45, 7) is 10.0. The fourth-order valence-corrected chi connectivity index (χ4v) is 3.81. The van der Waals surface area contributed by atoms with E-state index in [2.05, 4.69) is 20.8 Å². The van der Waals surface area contributed by atoms with E-state index in [1.54, 1.807) is 13.8 Å². The van der Waals surface area contributed by atoms with Crippen molar-refractivity contribution in [2.24, 2.45) is 17.3 Å². The van der Waals surface area contributed by atoms with E-state index >= 15 is 0 Å². The molecule has 0 amide bonds. The van der Waals surface area contributed by atoms with E-state index in [1.165, 1.54) is 0 Å². The van der Waals surface area contributed by atoms with Gasteiger partial charge < -0.3 is 0 Å². The van der Waals surface area contributed by atoms with Crippen LogP contribution in [0.5, 0.6) is 0 Å². The predicted molar refractivity (Wildman–Crippen MR) is 78.8 cm³/mol. The van der Waals surface area contributed by atoms with Crippen LogP contribution in [-0.4, -0.2) is 25.2 Å². The molecule has 1 aliphatic rings. The molecule has 0 N–H and O–H groups in total. The fraction of sp³-hybridized carbons (Fsp3) is 0.933. The molecule has 0 saturated heterocycles. The molecule has 4 heteroatoms. The minimum atomic E-state index is -3.03. The van der Waals surface area contributed by atoms with Gasteiger partial charge in [0.2, 0.25) is 0 Å². The minimum Gasteiger partial charge on any atom is -0.299 e. The molecule has 112 valence electrons. The van der Waals surface area contributed by atoms with E-state index in [4.69, 9.17) is 0 Å². The maximum atomic E-state index is 12.0. The first-order valence-corrected chi connectivity index (χ1v) is 9.00. The quantitative estimate of drug-likeness (QED) is 0.798. The highest BCUT2D eigenvalue weighted by atomic mass is 32.2. The molecular weight excluding hydrogens is 260 g/mol. The van der Waals surface area contributed by atoms with E-state index in [9.17, 15) is 13.2 Å². The van der Waals surface area contributed by atoms with Crippen LogP contribution in [0.15, 0.2) is 0 Å². The Morgan fingerprint density at radius 2 is 1.84 bits per heavy atom. The molecular formula is C15H28O3S. The molecule has 0 heterocycles. The van der Waals surface area contributed by atoms with Crippen molar-refractivity contribution in [3.63, 3.8) is 0 Å². The molecule has 0 bridgehead atoms. The Morgan fingerprint density at radius 3 is 2.32 bits per heavy atom. The summed E-state index contributed by atoms with van der Waals surface area (Å²) >= 11 is 0. The molecule has 1 rings (SSSR count). The first kappa shape index (κ1) is 16.7. The van der Waals surface area contributed by atoms with Gasteiger partial charge in [0.1, 0.15) is 5.78 Å². The standard InChI is InChI=1S/C15H28O3S/c1-11(2)19(17,18)9-8-12-10-13(15(3,4)5)6-7-14(12)16/h11-13H,6-10H2,1-5H3. The number of carbonyl (C=O) groups is 1. The second kappa shape index (κ2) is 5.94. The summed E-state index contributed by atoms with van der Waals surface area (Å²) in [7, 11) is -3.03. The zero-order chi connectivity index (χ0) is 14.8. The lowest BCUT2D eigenvalue weighted by molar-refractivity contribution is -0.126. The number of sulfone groups is 1. The van der Waals surface area contributed by atoms with Crippen LogP contribution in [0.25, 0.3) is 0 Å². The second-order valence-electron chi connectivity index (χ2n) is 7.20. The number of hydrogen-bond donors (Lipinski definition) is 0. The van der Waals surface area contributed by atoms with Gasteiger partial charge in [-0.2, -0.15) is 0 Å². The second-order valence-corrected chi connectivity index (χ2v) is 9.88. The molecule has 19 heavy (non-hydrogen) atoms. The highest BCUT2D eigenvalue weighted by molar-refractivity contribution is 7.91. The summed E-state index contributed by atoms with van der Waals surface area (Å²) < 4.78 is 23.7. The summed E-state index contributed by atoms with van der Waals surface area (Å²) in [5.74, 6) is 0.890. The summed E-state index contributed by atoms with van der Waals surface area (Å²) in [5, 5.41) is -0.343. The molecule has 2 unspecified atom stereocenters. The van der Waals surface area contributed by atoms with Gasteiger partial charge >= 0.3 is 0 Å². The first-order chi connectivity index (χ1) is 8.54. The van der Waals surface area contributed by atoms with Crippen LogP contribution < -0.4 is 0 Å². The Kier molecular flexibility index (Phi) is 5.21. The highest BCUT2D eigenvalue weighted by Gasteiger charge is 2.35. The van der Waals surface area contributed by atoms with Crippen molar-refractivity contribution in [1.29, 1.82) is 0 Å². The maximum Gasteiger partial charge on any atom is 0.152 e. The van der Waals surface area contributed by atoms with Gasteiger partial charge in [0, 0.05) is 12.3 Å². The van der Waals surface area contributed by atoms with Gasteiger partial charge in [-0.1, -0.05) is 20.8 Å². The number of ketones is 1. The van der Waals surface area contributed by atoms with E-state index < -0.39 is 9.84 Å². The van der Waals surface area contributed by atoms with Crippen molar-refractivity contribution in [3.8, 4) is 0 Å². The molecule has 0 aromatic carbocycles. The van der Waals surface area contributed by atoms with Crippen molar-refractivity contribution < 1.29 is 13.2 Å². The van der Waals surface area contributed by atoms with E-state index in [0.717, 1.165) is 12.8 Å². The van der Waals surface area contributed by atoms with Gasteiger partial charge in [-0.25, -0.2) is 8.42 Å². The third-order valence-corrected chi connectivity index (χ3v) is 6.70. The molecule has 1 aliphatic carbocycles. The third kappa shape index (κ3) is 4.59. The van der Waals surface area contributed by atoms with E-state index in [1.807, 2.05) is 0 Å². The summed E-state index contributed by atoms with van der Waals surface area (Å²) in [5.41, 5.74) is 0.204. The van der Waals surface area contributed by atoms with Gasteiger partial charge in [0.05, 0.1) is 11.0 Å². The Hall–Kier alpha value is -0.380. The zero-order valence-electron chi connectivity index (χ0n) is 12.9. The SMILES string of the molecule is CC(C)S(=O)(=O)CCC1CC(C(C)(C)C)CCC1=O. The molecule has 1 fully saturated rings. The van der Waals surface area contributed by atoms with Crippen LogP contribution in [0.4, 0.5) is 0 Å². The predicted octanol–water partition coefficient (Wildman–Crippen LogP) is 3.23. The number of rotatable bonds is 4. The molecule has 0 radical (unpaired) electrons. The van der Waals surface area contributed by atoms with Crippen molar-refractivity contribution in [2.75, 3.05) is 5.75 Å². The third-order valence-electron chi connectivity index (χ3n) is 4.46. The lowest BCUT2D eigenvalue weighted by Crippen LogP contribution is -2.33. The lowest BCUT2D eigenvalue weighted by atomic mass is 9.68. The average Bonchev–Trinajstić information content (AvgIpc) is 2.26. The van der Waals surface area contributed by atoms with Gasteiger partial charge in [-0.05, 0) is 44.4 Å². The van der Waals surface area contributed by atoms with Gasteiger partial charge in [0.25, 0.3) is 0 Å². The lowest BCUT2D eigenvalue weighted by Gasteiger charge is -2.37. The van der Waals surface area contributed by atoms with Crippen LogP contribution >= 0.6 is 0 Å². The molecule has 0 aromatic heterocycles. The molecule has 3 nitrogen and oxygen atoms in total. The monoisotopic (exact) mass is 288 g/mol. The molecule has 0 aliphatic heterocycles. The van der Waals surface area contributed by atoms with Crippen LogP contribution in [0.1, 0.15) is 60.3 Å². The van der Waals surface area contributed by atoms with Crippen LogP contribution in [0, 0.1) is 17.3 Å². The van der Waals surface area contributed by atoms with Gasteiger partial charge in [0.15, 0.2) is 9.84 Å². The Morgan fingerprint density at radius 1 is 1.26 bits per heavy atom. The van der Waals surface area contributed by atoms with Crippen LogP contribution in [-0.2, 0) is 14.6 Å². The Bertz CT molecular complexity index is 415. The first-order valence-electron chi connectivity index (χ1n) is 7.28. The van der Waals surface area contributed by atoms with Crippen molar-refractivity contribution in [3.05, 3.63) is 0 Å². The van der Waals surface area contributed by atoms with Crippen LogP contribution in [0.3, 0.4) is 0 Å². The normalized spacial score (nSPS) is 25.9. The molecule has 1 saturated carbocycles. The van der Waals surface area contributed by atoms with Crippen LogP contribution in [0.2, 0.25) is 0 Å². The summed E-state index contributed by atoms with van der Waals surface area (Å²) in [6.07, 6.45) is 2.94. The minimum absolute atomic E-state index is 0.0495. The highest BCUT2D eigenvalue weighted by Crippen LogP contribution is 2.40. The Balaban J connectivity index is 2.64. The average molecular weight is 288 g/mol. The smallest absolute Gasteiger partial charge is 0.152 e. The van der Waals surface area contributed by atoms with Gasteiger partial charge in [-0.15, -0.1) is 0 Å². The number of carbonyl (C=O) groups excluding carboxylic acids is 1. The summed E-state index contributed by atoms with van der Waals surface area (Å²) in [6, 6.07) is 0. The summed E-state index contributed by atoms with van der Waals surface area (Å²) in [4.78, 5) is 12.0. The Labute approximate surface area is 118 Å². The van der Waals surface area contributed by atoms with Crippen molar-refractivity contribution in [2.45, 2.75) is 65.6 Å². The largest absolute Gasteiger partial charge is 0.299 e. The zero-order valence-corrected chi connectivity index (χ0v) is 13.7. The number of hydrogen-bond acceptors (Lipinski definition) is 3. The maximum absolute atomic E-state index is 12.0. The molecule has 2 atom stereocenters.